The van der Waals surface area contributed by atoms with Gasteiger partial charge in [-0.15, -0.1) is 0 Å². The van der Waals surface area contributed by atoms with Crippen LogP contribution in [0.1, 0.15) is 87.5 Å². The molecule has 140 valence electrons. The number of unbranched alkanes of at least 4 members (excludes halogenated alkanes) is 1. The topological polar surface area (TPSA) is 55.8 Å². The molecule has 5 heteroatoms. The van der Waals surface area contributed by atoms with Crippen LogP contribution < -0.4 is 0 Å². The molecule has 3 atom stereocenters. The summed E-state index contributed by atoms with van der Waals surface area (Å²) in [6, 6.07) is 0. The minimum atomic E-state index is -3.93. The molecule has 0 saturated heterocycles. The van der Waals surface area contributed by atoms with Crippen molar-refractivity contribution >= 4 is 7.82 Å². The molecule has 0 aliphatic carbocycles. The Hall–Kier alpha value is 0.110. The minimum Gasteiger partial charge on any atom is -0.302 e. The molecule has 0 radical (unpaired) electrons. The molecule has 0 aliphatic heterocycles. The number of rotatable bonds is 10. The Morgan fingerprint density at radius 1 is 0.957 bits per heavy atom. The number of phosphoric ester groups is 1. The van der Waals surface area contributed by atoms with Gasteiger partial charge in [0.2, 0.25) is 0 Å². The number of hydrogen-bond donors (Lipinski definition) is 1. The van der Waals surface area contributed by atoms with Gasteiger partial charge >= 0.3 is 7.82 Å². The van der Waals surface area contributed by atoms with Crippen LogP contribution in [0.15, 0.2) is 0 Å². The molecule has 4 nitrogen and oxygen atoms in total. The fourth-order valence-corrected chi connectivity index (χ4v) is 4.03. The van der Waals surface area contributed by atoms with E-state index in [4.69, 9.17) is 9.05 Å². The van der Waals surface area contributed by atoms with Crippen molar-refractivity contribution in [1.82, 2.24) is 0 Å². The van der Waals surface area contributed by atoms with Gasteiger partial charge in [-0.3, -0.25) is 9.05 Å². The van der Waals surface area contributed by atoms with Crippen LogP contribution in [0.3, 0.4) is 0 Å². The molecule has 0 bridgehead atoms. The first kappa shape index (κ1) is 23.1. The van der Waals surface area contributed by atoms with Crippen molar-refractivity contribution in [3.63, 3.8) is 0 Å². The second kappa shape index (κ2) is 9.56. The molecule has 3 unspecified atom stereocenters. The molecule has 0 aromatic rings. The molecule has 0 rings (SSSR count). The van der Waals surface area contributed by atoms with Crippen molar-refractivity contribution in [1.29, 1.82) is 0 Å². The summed E-state index contributed by atoms with van der Waals surface area (Å²) < 4.78 is 22.2. The second-order valence-corrected chi connectivity index (χ2v) is 10.8. The van der Waals surface area contributed by atoms with E-state index in [-0.39, 0.29) is 18.1 Å². The zero-order valence-electron chi connectivity index (χ0n) is 16.5. The maximum absolute atomic E-state index is 11.9. The van der Waals surface area contributed by atoms with E-state index in [0.717, 1.165) is 19.3 Å². The van der Waals surface area contributed by atoms with Gasteiger partial charge in [0, 0.05) is 0 Å². The average Bonchev–Trinajstić information content (AvgIpc) is 2.21. The van der Waals surface area contributed by atoms with Gasteiger partial charge in [-0.25, -0.2) is 4.57 Å². The van der Waals surface area contributed by atoms with E-state index >= 15 is 0 Å². The summed E-state index contributed by atoms with van der Waals surface area (Å²) in [5.74, 6) is 0.666. The highest BCUT2D eigenvalue weighted by Crippen LogP contribution is 2.46. The Morgan fingerprint density at radius 3 is 1.96 bits per heavy atom. The standard InChI is InChI=1S/C18H39O4P/c1-15(13-17(3,4)5)11-9-10-12-21-23(19,20)22-16(2)14-18(6,7)8/h15-16H,9-14H2,1-8H3,(H,19,20). The van der Waals surface area contributed by atoms with Crippen LogP contribution in [0.25, 0.3) is 0 Å². The van der Waals surface area contributed by atoms with Gasteiger partial charge in [-0.05, 0) is 42.9 Å². The van der Waals surface area contributed by atoms with Crippen LogP contribution in [0.2, 0.25) is 0 Å². The van der Waals surface area contributed by atoms with Gasteiger partial charge < -0.3 is 4.89 Å². The molecular weight excluding hydrogens is 311 g/mol. The number of hydrogen-bond acceptors (Lipinski definition) is 3. The van der Waals surface area contributed by atoms with E-state index in [2.05, 4.69) is 48.5 Å². The Balaban J connectivity index is 3.92. The predicted octanol–water partition coefficient (Wildman–Crippen LogP) is 6.19. The van der Waals surface area contributed by atoms with Crippen LogP contribution in [0.4, 0.5) is 0 Å². The maximum atomic E-state index is 11.9. The maximum Gasteiger partial charge on any atom is 0.472 e. The Kier molecular flexibility index (Phi) is 9.60. The highest BCUT2D eigenvalue weighted by molar-refractivity contribution is 7.47. The van der Waals surface area contributed by atoms with Gasteiger partial charge in [0.05, 0.1) is 12.7 Å². The molecule has 0 amide bonds. The average molecular weight is 350 g/mol. The first-order valence-corrected chi connectivity index (χ1v) is 10.4. The van der Waals surface area contributed by atoms with Gasteiger partial charge in [0.1, 0.15) is 0 Å². The Labute approximate surface area is 144 Å². The largest absolute Gasteiger partial charge is 0.472 e. The van der Waals surface area contributed by atoms with Crippen molar-refractivity contribution in [3.05, 3.63) is 0 Å². The molecule has 0 aromatic carbocycles. The van der Waals surface area contributed by atoms with E-state index in [0.29, 0.717) is 17.8 Å². The summed E-state index contributed by atoms with van der Waals surface area (Å²) in [5, 5.41) is 0. The lowest BCUT2D eigenvalue weighted by molar-refractivity contribution is 0.0882. The Morgan fingerprint density at radius 2 is 1.48 bits per heavy atom. The zero-order valence-corrected chi connectivity index (χ0v) is 17.4. The first-order valence-electron chi connectivity index (χ1n) is 8.86. The van der Waals surface area contributed by atoms with Crippen LogP contribution in [0, 0.1) is 16.7 Å². The first-order chi connectivity index (χ1) is 10.2. The normalized spacial score (nSPS) is 18.5. The van der Waals surface area contributed by atoms with Crippen LogP contribution in [0.5, 0.6) is 0 Å². The lowest BCUT2D eigenvalue weighted by Crippen LogP contribution is -2.17. The third-order valence-electron chi connectivity index (χ3n) is 3.52. The van der Waals surface area contributed by atoms with Crippen molar-refractivity contribution in [2.45, 2.75) is 93.6 Å². The van der Waals surface area contributed by atoms with E-state index < -0.39 is 7.82 Å². The third kappa shape index (κ3) is 15.4. The predicted molar refractivity (Wildman–Crippen MR) is 97.5 cm³/mol. The zero-order chi connectivity index (χ0) is 18.3. The fourth-order valence-electron chi connectivity index (χ4n) is 3.08. The minimum absolute atomic E-state index is 0.0581. The number of phosphoric acid groups is 1. The van der Waals surface area contributed by atoms with E-state index in [1.165, 1.54) is 6.42 Å². The molecule has 1 N–H and O–H groups in total. The van der Waals surface area contributed by atoms with E-state index in [9.17, 15) is 9.46 Å². The summed E-state index contributed by atoms with van der Waals surface area (Å²) >= 11 is 0. The van der Waals surface area contributed by atoms with Crippen LogP contribution in [-0.2, 0) is 13.6 Å². The monoisotopic (exact) mass is 350 g/mol. The summed E-state index contributed by atoms with van der Waals surface area (Å²) in [5.41, 5.74) is 0.413. The lowest BCUT2D eigenvalue weighted by atomic mass is 9.83. The van der Waals surface area contributed by atoms with Crippen molar-refractivity contribution in [2.24, 2.45) is 16.7 Å². The van der Waals surface area contributed by atoms with Gasteiger partial charge in [0.15, 0.2) is 0 Å². The summed E-state index contributed by atoms with van der Waals surface area (Å²) in [4.78, 5) is 9.75. The SMILES string of the molecule is CC(CCCCOP(=O)(O)OC(C)CC(C)(C)C)CC(C)(C)C. The van der Waals surface area contributed by atoms with E-state index in [1.54, 1.807) is 0 Å². The van der Waals surface area contributed by atoms with Gasteiger partial charge in [0.25, 0.3) is 0 Å². The molecule has 0 fully saturated rings. The molecule has 0 heterocycles. The van der Waals surface area contributed by atoms with Crippen molar-refractivity contribution < 1.29 is 18.5 Å². The molecule has 0 spiro atoms. The molecule has 0 aliphatic rings. The lowest BCUT2D eigenvalue weighted by Gasteiger charge is -2.24. The van der Waals surface area contributed by atoms with E-state index in [1.807, 2.05) is 6.92 Å². The molecule has 0 saturated carbocycles. The molecular formula is C18H39O4P. The molecule has 0 aromatic heterocycles. The highest BCUT2D eigenvalue weighted by atomic mass is 31.2. The van der Waals surface area contributed by atoms with Crippen molar-refractivity contribution in [2.75, 3.05) is 6.61 Å². The molecule has 23 heavy (non-hydrogen) atoms. The smallest absolute Gasteiger partial charge is 0.302 e. The Bertz CT molecular complexity index is 368. The highest BCUT2D eigenvalue weighted by Gasteiger charge is 2.26. The summed E-state index contributed by atoms with van der Waals surface area (Å²) in [7, 11) is -3.93. The van der Waals surface area contributed by atoms with Crippen molar-refractivity contribution in [3.8, 4) is 0 Å². The van der Waals surface area contributed by atoms with Crippen LogP contribution >= 0.6 is 7.82 Å². The fraction of sp³-hybridized carbons (Fsp3) is 1.00. The van der Waals surface area contributed by atoms with Gasteiger partial charge in [-0.2, -0.15) is 0 Å². The summed E-state index contributed by atoms with van der Waals surface area (Å²) in [6.45, 7) is 17.3. The quantitative estimate of drug-likeness (QED) is 0.377. The van der Waals surface area contributed by atoms with Gasteiger partial charge in [-0.1, -0.05) is 61.3 Å². The third-order valence-corrected chi connectivity index (χ3v) is 4.65. The van der Waals surface area contributed by atoms with Crippen LogP contribution in [-0.4, -0.2) is 17.6 Å². The second-order valence-electron chi connectivity index (χ2n) is 9.35. The summed E-state index contributed by atoms with van der Waals surface area (Å²) in [6.07, 6.45) is 4.53.